The number of benzene rings is 1. The number of nitrogens with two attached hydrogens (primary N) is 2. The Labute approximate surface area is 112 Å². The van der Waals surface area contributed by atoms with Gasteiger partial charge in [-0.25, -0.2) is 13.6 Å². The van der Waals surface area contributed by atoms with E-state index in [9.17, 15) is 13.2 Å². The molecule has 1 amide bonds. The van der Waals surface area contributed by atoms with Gasteiger partial charge in [-0.3, -0.25) is 4.79 Å². The fourth-order valence-corrected chi connectivity index (χ4v) is 1.97. The quantitative estimate of drug-likeness (QED) is 0.648. The summed E-state index contributed by atoms with van der Waals surface area (Å²) in [7, 11) is -2.14. The van der Waals surface area contributed by atoms with E-state index in [1.165, 1.54) is 18.2 Å². The summed E-state index contributed by atoms with van der Waals surface area (Å²) in [6.45, 7) is 2.51. The molecule has 0 aliphatic carbocycles. The van der Waals surface area contributed by atoms with Gasteiger partial charge >= 0.3 is 0 Å². The summed E-state index contributed by atoms with van der Waals surface area (Å²) in [6, 6.07) is 4.14. The normalized spacial score (nSPS) is 11.1. The Morgan fingerprint density at radius 2 is 2.00 bits per heavy atom. The van der Waals surface area contributed by atoms with Crippen molar-refractivity contribution in [1.29, 1.82) is 0 Å². The molecule has 1 aromatic rings. The molecule has 0 saturated carbocycles. The van der Waals surface area contributed by atoms with Crippen molar-refractivity contribution >= 4 is 27.3 Å². The van der Waals surface area contributed by atoms with Gasteiger partial charge in [-0.1, -0.05) is 0 Å². The molecule has 0 aromatic heterocycles. The first kappa shape index (κ1) is 15.3. The molecule has 0 unspecified atom stereocenters. The Morgan fingerprint density at radius 1 is 1.37 bits per heavy atom. The van der Waals surface area contributed by atoms with E-state index < -0.39 is 10.0 Å². The SMILES string of the molecule is CCN(C)C(=O)CNc1cc(N)cc(S(N)(=O)=O)c1. The van der Waals surface area contributed by atoms with Crippen LogP contribution in [-0.4, -0.2) is 39.4 Å². The number of nitrogen functional groups attached to an aromatic ring is 1. The van der Waals surface area contributed by atoms with Crippen LogP contribution in [0.4, 0.5) is 11.4 Å². The summed E-state index contributed by atoms with van der Waals surface area (Å²) in [5, 5.41) is 7.86. The fourth-order valence-electron chi connectivity index (χ4n) is 1.38. The van der Waals surface area contributed by atoms with Crippen molar-refractivity contribution < 1.29 is 13.2 Å². The first-order valence-corrected chi connectivity index (χ1v) is 7.20. The predicted octanol–water partition coefficient (Wildman–Crippen LogP) is -0.194. The molecule has 19 heavy (non-hydrogen) atoms. The third-order valence-electron chi connectivity index (χ3n) is 2.60. The summed E-state index contributed by atoms with van der Waals surface area (Å²) >= 11 is 0. The van der Waals surface area contributed by atoms with Crippen LogP contribution in [0.2, 0.25) is 0 Å². The van der Waals surface area contributed by atoms with Gasteiger partial charge in [0.1, 0.15) is 0 Å². The van der Waals surface area contributed by atoms with E-state index in [0.29, 0.717) is 12.2 Å². The number of primary sulfonamides is 1. The number of carbonyl (C=O) groups is 1. The lowest BCUT2D eigenvalue weighted by atomic mass is 10.3. The second-order valence-electron chi connectivity index (χ2n) is 4.10. The van der Waals surface area contributed by atoms with Crippen molar-refractivity contribution in [1.82, 2.24) is 4.90 Å². The lowest BCUT2D eigenvalue weighted by Gasteiger charge is -2.15. The lowest BCUT2D eigenvalue weighted by Crippen LogP contribution is -2.31. The van der Waals surface area contributed by atoms with Gasteiger partial charge < -0.3 is 16.0 Å². The first-order valence-electron chi connectivity index (χ1n) is 5.65. The zero-order valence-electron chi connectivity index (χ0n) is 10.9. The van der Waals surface area contributed by atoms with Crippen LogP contribution in [0.25, 0.3) is 0 Å². The van der Waals surface area contributed by atoms with Crippen molar-refractivity contribution in [3.8, 4) is 0 Å². The lowest BCUT2D eigenvalue weighted by molar-refractivity contribution is -0.127. The molecular formula is C11H18N4O3S. The highest BCUT2D eigenvalue weighted by Gasteiger charge is 2.11. The monoisotopic (exact) mass is 286 g/mol. The van der Waals surface area contributed by atoms with Crippen molar-refractivity contribution in [3.05, 3.63) is 18.2 Å². The molecule has 0 radical (unpaired) electrons. The molecule has 1 aromatic carbocycles. The Kier molecular flexibility index (Phi) is 4.73. The third kappa shape index (κ3) is 4.42. The van der Waals surface area contributed by atoms with Gasteiger partial charge in [0.15, 0.2) is 0 Å². The number of likely N-dealkylation sites (N-methyl/N-ethyl adjacent to an activating group) is 1. The van der Waals surface area contributed by atoms with Crippen LogP contribution in [0.1, 0.15) is 6.92 Å². The molecule has 0 atom stereocenters. The van der Waals surface area contributed by atoms with Crippen molar-refractivity contribution in [2.24, 2.45) is 5.14 Å². The average molecular weight is 286 g/mol. The molecule has 8 heteroatoms. The van der Waals surface area contributed by atoms with Gasteiger partial charge in [-0.2, -0.15) is 0 Å². The minimum atomic E-state index is -3.82. The molecule has 0 spiro atoms. The Bertz CT molecular complexity index is 571. The van der Waals surface area contributed by atoms with E-state index >= 15 is 0 Å². The van der Waals surface area contributed by atoms with Crippen LogP contribution in [0.3, 0.4) is 0 Å². The number of rotatable bonds is 5. The number of hydrogen-bond acceptors (Lipinski definition) is 5. The maximum atomic E-state index is 11.6. The van der Waals surface area contributed by atoms with Crippen LogP contribution < -0.4 is 16.2 Å². The van der Waals surface area contributed by atoms with Crippen LogP contribution in [0.15, 0.2) is 23.1 Å². The van der Waals surface area contributed by atoms with E-state index in [4.69, 9.17) is 10.9 Å². The molecule has 0 aliphatic rings. The molecule has 0 aliphatic heterocycles. The molecule has 0 saturated heterocycles. The van der Waals surface area contributed by atoms with Crippen LogP contribution in [-0.2, 0) is 14.8 Å². The maximum Gasteiger partial charge on any atom is 0.241 e. The topological polar surface area (TPSA) is 119 Å². The highest BCUT2D eigenvalue weighted by molar-refractivity contribution is 7.89. The molecule has 1 rings (SSSR count). The smallest absolute Gasteiger partial charge is 0.241 e. The van der Waals surface area contributed by atoms with Crippen molar-refractivity contribution in [2.45, 2.75) is 11.8 Å². The third-order valence-corrected chi connectivity index (χ3v) is 3.49. The number of hydrogen-bond donors (Lipinski definition) is 3. The summed E-state index contributed by atoms with van der Waals surface area (Å²) in [5.41, 5.74) is 6.28. The van der Waals surface area contributed by atoms with Crippen LogP contribution >= 0.6 is 0 Å². The average Bonchev–Trinajstić information content (AvgIpc) is 2.33. The Morgan fingerprint density at radius 3 is 2.53 bits per heavy atom. The fraction of sp³-hybridized carbons (Fsp3) is 0.364. The van der Waals surface area contributed by atoms with E-state index in [1.54, 1.807) is 11.9 Å². The number of amides is 1. The first-order chi connectivity index (χ1) is 8.74. The number of carbonyl (C=O) groups excluding carboxylic acids is 1. The molecule has 0 fully saturated rings. The zero-order valence-corrected chi connectivity index (χ0v) is 11.7. The molecular weight excluding hydrogens is 268 g/mol. The highest BCUT2D eigenvalue weighted by Crippen LogP contribution is 2.19. The van der Waals surface area contributed by atoms with Crippen molar-refractivity contribution in [3.63, 3.8) is 0 Å². The van der Waals surface area contributed by atoms with Gasteiger partial charge in [0, 0.05) is 25.0 Å². The van der Waals surface area contributed by atoms with Crippen molar-refractivity contribution in [2.75, 3.05) is 31.2 Å². The minimum absolute atomic E-state index is 0.0534. The van der Waals surface area contributed by atoms with E-state index in [0.717, 1.165) is 0 Å². The van der Waals surface area contributed by atoms with Gasteiger partial charge in [-0.15, -0.1) is 0 Å². The van der Waals surface area contributed by atoms with Crippen LogP contribution in [0.5, 0.6) is 0 Å². The largest absolute Gasteiger partial charge is 0.399 e. The van der Waals surface area contributed by atoms with Gasteiger partial charge in [-0.05, 0) is 25.1 Å². The molecule has 7 nitrogen and oxygen atoms in total. The van der Waals surface area contributed by atoms with E-state index in [2.05, 4.69) is 5.32 Å². The summed E-state index contributed by atoms with van der Waals surface area (Å²) in [4.78, 5) is 13.1. The summed E-state index contributed by atoms with van der Waals surface area (Å²) in [6.07, 6.45) is 0. The Balaban J connectivity index is 2.86. The number of sulfonamides is 1. The van der Waals surface area contributed by atoms with E-state index in [-0.39, 0.29) is 23.0 Å². The van der Waals surface area contributed by atoms with Crippen LogP contribution in [0, 0.1) is 0 Å². The van der Waals surface area contributed by atoms with E-state index in [1.807, 2.05) is 6.92 Å². The molecule has 0 heterocycles. The second-order valence-corrected chi connectivity index (χ2v) is 5.66. The Hall–Kier alpha value is -1.80. The summed E-state index contributed by atoms with van der Waals surface area (Å²) in [5.74, 6) is -0.109. The highest BCUT2D eigenvalue weighted by atomic mass is 32.2. The maximum absolute atomic E-state index is 11.6. The summed E-state index contributed by atoms with van der Waals surface area (Å²) < 4.78 is 22.5. The number of nitrogens with zero attached hydrogens (tertiary/aromatic N) is 1. The molecule has 106 valence electrons. The van der Waals surface area contributed by atoms with Gasteiger partial charge in [0.05, 0.1) is 11.4 Å². The predicted molar refractivity (Wildman–Crippen MR) is 74.0 cm³/mol. The van der Waals surface area contributed by atoms with Gasteiger partial charge in [0.25, 0.3) is 0 Å². The van der Waals surface area contributed by atoms with Gasteiger partial charge in [0.2, 0.25) is 15.9 Å². The number of nitrogens with one attached hydrogen (secondary N) is 1. The second kappa shape index (κ2) is 5.89. The zero-order chi connectivity index (χ0) is 14.6. The number of anilines is 2. The molecule has 5 N–H and O–H groups in total. The molecule has 0 bridgehead atoms. The standard InChI is InChI=1S/C11H18N4O3S/c1-3-15(2)11(16)7-14-9-4-8(12)5-10(6-9)19(13,17)18/h4-6,14H,3,7,12H2,1-2H3,(H2,13,17,18). The minimum Gasteiger partial charge on any atom is -0.399 e.